The molecule has 1 N–H and O–H groups in total. The average molecular weight is 495 g/mol. The fourth-order valence-electron chi connectivity index (χ4n) is 4.64. The molecule has 4 aromatic rings. The summed E-state index contributed by atoms with van der Waals surface area (Å²) < 4.78 is 31.3. The van der Waals surface area contributed by atoms with E-state index < -0.39 is 7.14 Å². The zero-order valence-corrected chi connectivity index (χ0v) is 21.3. The summed E-state index contributed by atoms with van der Waals surface area (Å²) in [6.07, 6.45) is 2.20. The molecule has 0 saturated carbocycles. The molecule has 0 unspecified atom stereocenters. The second-order valence-corrected chi connectivity index (χ2v) is 12.7. The topological polar surface area (TPSA) is 86.7 Å². The number of hydrogen-bond acceptors (Lipinski definition) is 5. The highest BCUT2D eigenvalue weighted by Crippen LogP contribution is 2.34. The van der Waals surface area contributed by atoms with E-state index in [1.165, 1.54) is 15.6 Å². The number of hydrogen-bond donors (Lipinski definition) is 1. The second-order valence-electron chi connectivity index (χ2n) is 9.48. The minimum Gasteiger partial charge on any atom is -0.319 e. The van der Waals surface area contributed by atoms with Crippen LogP contribution in [0.15, 0.2) is 47.5 Å². The lowest BCUT2D eigenvalue weighted by Gasteiger charge is -2.20. The summed E-state index contributed by atoms with van der Waals surface area (Å²) in [7, 11) is -2.41. The van der Waals surface area contributed by atoms with Crippen molar-refractivity contribution < 1.29 is 8.96 Å². The van der Waals surface area contributed by atoms with E-state index in [-0.39, 0.29) is 17.5 Å². The summed E-state index contributed by atoms with van der Waals surface area (Å²) in [5.41, 5.74) is 3.75. The maximum absolute atomic E-state index is 14.4. The van der Waals surface area contributed by atoms with E-state index in [4.69, 9.17) is 5.10 Å². The molecule has 3 heterocycles. The van der Waals surface area contributed by atoms with E-state index in [0.29, 0.717) is 28.3 Å². The molecule has 10 heteroatoms. The third kappa shape index (κ3) is 3.98. The van der Waals surface area contributed by atoms with Crippen LogP contribution in [0.5, 0.6) is 0 Å². The first-order chi connectivity index (χ1) is 16.6. The van der Waals surface area contributed by atoms with E-state index in [9.17, 15) is 13.8 Å². The van der Waals surface area contributed by atoms with Crippen LogP contribution in [0.25, 0.3) is 17.2 Å². The molecule has 5 rings (SSSR count). The van der Waals surface area contributed by atoms with Gasteiger partial charge in [0.15, 0.2) is 5.82 Å². The maximum Gasteiger partial charge on any atom is 0.356 e. The van der Waals surface area contributed by atoms with Gasteiger partial charge in [-0.15, -0.1) is 0 Å². The molecule has 0 saturated heterocycles. The molecule has 2 aromatic carbocycles. The van der Waals surface area contributed by atoms with Crippen LogP contribution in [0.3, 0.4) is 0 Å². The Labute approximate surface area is 202 Å². The predicted molar refractivity (Wildman–Crippen MR) is 135 cm³/mol. The first kappa shape index (κ1) is 23.5. The van der Waals surface area contributed by atoms with Gasteiger partial charge in [0, 0.05) is 29.9 Å². The Hall–Kier alpha value is -3.29. The van der Waals surface area contributed by atoms with Crippen molar-refractivity contribution >= 4 is 12.4 Å². The third-order valence-corrected chi connectivity index (χ3v) is 8.04. The molecular formula is C25H28FN6O2P. The van der Waals surface area contributed by atoms with Crippen molar-refractivity contribution in [1.29, 1.82) is 0 Å². The Bertz CT molecular complexity index is 1520. The number of fused-ring (bicyclic) bond motifs is 1. The van der Waals surface area contributed by atoms with Crippen LogP contribution in [0, 0.1) is 19.7 Å². The van der Waals surface area contributed by atoms with E-state index >= 15 is 0 Å². The second kappa shape index (κ2) is 8.43. The summed E-state index contributed by atoms with van der Waals surface area (Å²) in [5, 5.41) is 13.4. The van der Waals surface area contributed by atoms with Gasteiger partial charge in [-0.25, -0.2) is 18.4 Å². The normalized spacial score (nSPS) is 15.9. The molecule has 8 nitrogen and oxygen atoms in total. The van der Waals surface area contributed by atoms with Crippen LogP contribution in [0.4, 0.5) is 4.39 Å². The molecule has 35 heavy (non-hydrogen) atoms. The fraction of sp³-hybridized carbons (Fsp3) is 0.320. The van der Waals surface area contributed by atoms with Crippen molar-refractivity contribution in [3.05, 3.63) is 81.4 Å². The van der Waals surface area contributed by atoms with E-state index in [0.717, 1.165) is 29.5 Å². The Morgan fingerprint density at radius 2 is 1.71 bits per heavy atom. The first-order valence-corrected chi connectivity index (χ1v) is 14.1. The Morgan fingerprint density at radius 3 is 2.34 bits per heavy atom. The maximum atomic E-state index is 14.4. The van der Waals surface area contributed by atoms with Gasteiger partial charge in [-0.2, -0.15) is 14.9 Å². The molecule has 1 aliphatic rings. The number of benzene rings is 2. The van der Waals surface area contributed by atoms with Gasteiger partial charge in [0.1, 0.15) is 19.3 Å². The first-order valence-electron chi connectivity index (χ1n) is 11.5. The average Bonchev–Trinajstić information content (AvgIpc) is 3.37. The van der Waals surface area contributed by atoms with Crippen molar-refractivity contribution in [1.82, 2.24) is 29.4 Å². The molecular weight excluding hydrogens is 466 g/mol. The van der Waals surface area contributed by atoms with Crippen molar-refractivity contribution in [2.45, 2.75) is 33.2 Å². The van der Waals surface area contributed by atoms with E-state index in [1.807, 2.05) is 6.92 Å². The van der Waals surface area contributed by atoms with Crippen LogP contribution < -0.4 is 16.3 Å². The molecule has 0 amide bonds. The molecule has 0 aliphatic carbocycles. The highest BCUT2D eigenvalue weighted by Gasteiger charge is 2.29. The highest BCUT2D eigenvalue weighted by atomic mass is 31.2. The van der Waals surface area contributed by atoms with E-state index in [2.05, 4.69) is 10.4 Å². The number of aromatic nitrogens is 5. The highest BCUT2D eigenvalue weighted by molar-refractivity contribution is 7.70. The zero-order chi connectivity index (χ0) is 25.1. The quantitative estimate of drug-likeness (QED) is 0.440. The predicted octanol–water partition coefficient (Wildman–Crippen LogP) is 3.42. The molecule has 0 bridgehead atoms. The molecule has 1 aliphatic heterocycles. The summed E-state index contributed by atoms with van der Waals surface area (Å²) in [6, 6.07) is 10.5. The van der Waals surface area contributed by atoms with Gasteiger partial charge in [0.2, 0.25) is 0 Å². The van der Waals surface area contributed by atoms with Crippen molar-refractivity contribution in [3.63, 3.8) is 0 Å². The Balaban J connectivity index is 1.70. The summed E-state index contributed by atoms with van der Waals surface area (Å²) in [5.74, 6) is 0.337. The lowest BCUT2D eigenvalue weighted by Crippen LogP contribution is -2.30. The number of nitrogens with zero attached hydrogens (tertiary/aromatic N) is 5. The summed E-state index contributed by atoms with van der Waals surface area (Å²) in [6.45, 7) is 9.68. The van der Waals surface area contributed by atoms with Crippen molar-refractivity contribution in [2.24, 2.45) is 0 Å². The Kier molecular flexibility index (Phi) is 5.65. The van der Waals surface area contributed by atoms with Gasteiger partial charge in [-0.05, 0) is 81.6 Å². The largest absolute Gasteiger partial charge is 0.356 e. The molecule has 182 valence electrons. The number of halogens is 1. The van der Waals surface area contributed by atoms with Gasteiger partial charge >= 0.3 is 5.69 Å². The van der Waals surface area contributed by atoms with Crippen molar-refractivity contribution in [3.8, 4) is 17.2 Å². The van der Waals surface area contributed by atoms with Crippen LogP contribution in [-0.2, 0) is 11.0 Å². The molecule has 0 spiro atoms. The van der Waals surface area contributed by atoms with Gasteiger partial charge in [0.25, 0.3) is 0 Å². The molecule has 2 aromatic heterocycles. The van der Waals surface area contributed by atoms with Crippen LogP contribution in [-0.4, -0.2) is 44.0 Å². The standard InChI is InChI=1S/C25H28FN6O2P/c1-15-12-19(13-16(2)23(15)26)31-24(22-17(3)27-11-10-21(22)29-31)30-14-28-32(25(30)33)18-6-8-20(9-7-18)35(4,5)34/h6-9,12-14,17,27H,10-11H2,1-5H3/t17-/m0/s1. The van der Waals surface area contributed by atoms with Gasteiger partial charge in [-0.1, -0.05) is 0 Å². The minimum absolute atomic E-state index is 0.0251. The number of nitrogens with one attached hydrogen (secondary N) is 1. The monoisotopic (exact) mass is 494 g/mol. The molecule has 0 radical (unpaired) electrons. The van der Waals surface area contributed by atoms with E-state index in [1.54, 1.807) is 68.3 Å². The lowest BCUT2D eigenvalue weighted by atomic mass is 10.0. The van der Waals surface area contributed by atoms with Crippen LogP contribution in [0.2, 0.25) is 0 Å². The summed E-state index contributed by atoms with van der Waals surface area (Å²) >= 11 is 0. The minimum atomic E-state index is -2.41. The van der Waals surface area contributed by atoms with Gasteiger partial charge in [0.05, 0.1) is 17.1 Å². The molecule has 1 atom stereocenters. The number of aryl methyl sites for hydroxylation is 2. The smallest absolute Gasteiger partial charge is 0.319 e. The van der Waals surface area contributed by atoms with Crippen LogP contribution in [0.1, 0.15) is 35.3 Å². The summed E-state index contributed by atoms with van der Waals surface area (Å²) in [4.78, 5) is 13.6. The van der Waals surface area contributed by atoms with Crippen molar-refractivity contribution in [2.75, 3.05) is 19.9 Å². The SMILES string of the molecule is Cc1cc(-n2nc3c(c2-n2cnn(-c4ccc(P(C)(C)=O)cc4)c2=O)[C@H](C)NCC3)cc(C)c1F. The lowest BCUT2D eigenvalue weighted by molar-refractivity contribution is 0.536. The third-order valence-electron chi connectivity index (χ3n) is 6.50. The van der Waals surface area contributed by atoms with Gasteiger partial charge in [-0.3, -0.25) is 0 Å². The zero-order valence-electron chi connectivity index (χ0n) is 20.4. The number of rotatable bonds is 4. The molecule has 0 fully saturated rings. The fourth-order valence-corrected chi connectivity index (χ4v) is 5.51. The van der Waals surface area contributed by atoms with Crippen LogP contribution >= 0.6 is 7.14 Å². The Morgan fingerprint density at radius 1 is 1.06 bits per heavy atom. The van der Waals surface area contributed by atoms with Gasteiger partial charge < -0.3 is 9.88 Å².